The smallest absolute Gasteiger partial charge is 0.161 e. The molecule has 21 heavy (non-hydrogen) atoms. The molecule has 0 aliphatic rings. The quantitative estimate of drug-likeness (QED) is 0.890. The van der Waals surface area contributed by atoms with Gasteiger partial charge in [0.05, 0.1) is 19.3 Å². The minimum Gasteiger partial charge on any atom is -0.493 e. The van der Waals surface area contributed by atoms with Crippen molar-refractivity contribution >= 4 is 15.9 Å². The number of hydrogen-bond donors (Lipinski definition) is 1. The van der Waals surface area contributed by atoms with Crippen LogP contribution in [0.15, 0.2) is 22.8 Å². The van der Waals surface area contributed by atoms with E-state index in [0.29, 0.717) is 22.5 Å². The van der Waals surface area contributed by atoms with Crippen molar-refractivity contribution in [3.8, 4) is 5.75 Å². The third-order valence-corrected chi connectivity index (χ3v) is 3.72. The van der Waals surface area contributed by atoms with Crippen LogP contribution in [0.4, 0.5) is 8.78 Å². The number of halogens is 3. The monoisotopic (exact) mass is 359 g/mol. The molecular weight excluding hydrogens is 344 g/mol. The lowest BCUT2D eigenvalue weighted by atomic mass is 10.0. The van der Waals surface area contributed by atoms with Gasteiger partial charge in [0.1, 0.15) is 17.3 Å². The van der Waals surface area contributed by atoms with Crippen LogP contribution < -0.4 is 10.1 Å². The van der Waals surface area contributed by atoms with Crippen molar-refractivity contribution in [3.05, 3.63) is 45.7 Å². The number of ether oxygens (including phenoxy) is 1. The topological polar surface area (TPSA) is 39.1 Å². The van der Waals surface area contributed by atoms with E-state index in [1.165, 1.54) is 25.4 Å². The highest BCUT2D eigenvalue weighted by Gasteiger charge is 2.27. The van der Waals surface area contributed by atoms with E-state index in [2.05, 4.69) is 26.3 Å². The molecule has 1 aromatic carbocycles. The summed E-state index contributed by atoms with van der Waals surface area (Å²) < 4.78 is 35.7. The van der Waals surface area contributed by atoms with E-state index in [1.807, 2.05) is 6.92 Å². The number of hydrogen-bond acceptors (Lipinski definition) is 3. The van der Waals surface area contributed by atoms with Crippen molar-refractivity contribution in [1.29, 1.82) is 0 Å². The molecule has 1 heterocycles. The average molecular weight is 360 g/mol. The fraction of sp³-hybridized carbons (Fsp3) is 0.357. The zero-order valence-corrected chi connectivity index (χ0v) is 13.5. The van der Waals surface area contributed by atoms with Gasteiger partial charge in [0, 0.05) is 16.6 Å². The summed E-state index contributed by atoms with van der Waals surface area (Å²) >= 11 is 3.08. The summed E-state index contributed by atoms with van der Waals surface area (Å²) in [5.74, 6) is -0.780. The summed E-state index contributed by atoms with van der Waals surface area (Å²) in [5, 5.41) is 7.11. The van der Waals surface area contributed by atoms with Crippen LogP contribution in [0.5, 0.6) is 5.75 Å². The maximum atomic E-state index is 14.2. The lowest BCUT2D eigenvalue weighted by molar-refractivity contribution is 0.398. The number of methoxy groups -OCH3 is 1. The molecule has 2 aromatic rings. The molecule has 0 aliphatic heterocycles. The molecule has 4 nitrogen and oxygen atoms in total. The van der Waals surface area contributed by atoms with Crippen LogP contribution in [0.25, 0.3) is 0 Å². The molecule has 0 saturated carbocycles. The van der Waals surface area contributed by atoms with Gasteiger partial charge in [-0.3, -0.25) is 4.68 Å². The van der Waals surface area contributed by atoms with Crippen molar-refractivity contribution in [1.82, 2.24) is 15.1 Å². The normalized spacial score (nSPS) is 12.5. The molecule has 0 fully saturated rings. The Balaban J connectivity index is 2.63. The fourth-order valence-electron chi connectivity index (χ4n) is 2.33. The van der Waals surface area contributed by atoms with E-state index >= 15 is 0 Å². The number of nitrogens with zero attached hydrogens (tertiary/aromatic N) is 2. The van der Waals surface area contributed by atoms with Crippen LogP contribution in [0.2, 0.25) is 0 Å². The van der Waals surface area contributed by atoms with Gasteiger partial charge in [-0.1, -0.05) is 15.9 Å². The first kappa shape index (κ1) is 15.9. The maximum Gasteiger partial charge on any atom is 0.161 e. The average Bonchev–Trinajstić information content (AvgIpc) is 2.85. The molecule has 114 valence electrons. The summed E-state index contributed by atoms with van der Waals surface area (Å²) in [6, 6.07) is 1.78. The highest BCUT2D eigenvalue weighted by molar-refractivity contribution is 9.10. The van der Waals surface area contributed by atoms with Crippen LogP contribution in [-0.4, -0.2) is 23.9 Å². The Morgan fingerprint density at radius 1 is 1.38 bits per heavy atom. The largest absolute Gasteiger partial charge is 0.493 e. The summed E-state index contributed by atoms with van der Waals surface area (Å²) in [7, 11) is 3.14. The number of aromatic nitrogens is 2. The zero-order valence-electron chi connectivity index (χ0n) is 12.0. The SMILES string of the molecule is CCn1ncc(OC)c1C(NC)c1c(F)cc(Br)cc1F. The first-order chi connectivity index (χ1) is 10.0. The fourth-order valence-corrected chi connectivity index (χ4v) is 2.73. The standard InChI is InChI=1S/C14H16BrF2N3O/c1-4-20-14(11(21-3)7-19-20)13(18-2)12-9(16)5-8(15)6-10(12)17/h5-7,13,18H,4H2,1-3H3. The third-order valence-electron chi connectivity index (χ3n) is 3.26. The molecule has 0 radical (unpaired) electrons. The Morgan fingerprint density at radius 3 is 2.48 bits per heavy atom. The van der Waals surface area contributed by atoms with Gasteiger partial charge in [-0.25, -0.2) is 8.78 Å². The maximum absolute atomic E-state index is 14.2. The lowest BCUT2D eigenvalue weighted by Gasteiger charge is -2.20. The Bertz CT molecular complexity index is 601. The summed E-state index contributed by atoms with van der Waals surface area (Å²) in [6.45, 7) is 2.47. The number of rotatable bonds is 5. The minimum atomic E-state index is -0.699. The third kappa shape index (κ3) is 2.94. The molecular formula is C14H16BrF2N3O. The molecule has 0 spiro atoms. The van der Waals surface area contributed by atoms with Crippen LogP contribution in [0, 0.1) is 11.6 Å². The van der Waals surface area contributed by atoms with Gasteiger partial charge in [-0.05, 0) is 26.1 Å². The number of benzene rings is 1. The van der Waals surface area contributed by atoms with Crippen molar-refractivity contribution in [2.24, 2.45) is 0 Å². The molecule has 0 amide bonds. The van der Waals surface area contributed by atoms with Gasteiger partial charge >= 0.3 is 0 Å². The molecule has 0 aliphatic carbocycles. The van der Waals surface area contributed by atoms with Crippen LogP contribution >= 0.6 is 15.9 Å². The molecule has 1 aromatic heterocycles. The highest BCUT2D eigenvalue weighted by Crippen LogP contribution is 2.33. The van der Waals surface area contributed by atoms with E-state index in [0.717, 1.165) is 0 Å². The van der Waals surface area contributed by atoms with Gasteiger partial charge < -0.3 is 10.1 Å². The molecule has 2 rings (SSSR count). The van der Waals surface area contributed by atoms with Gasteiger partial charge in [0.25, 0.3) is 0 Å². The predicted molar refractivity (Wildman–Crippen MR) is 79.4 cm³/mol. The van der Waals surface area contributed by atoms with E-state index in [9.17, 15) is 8.78 Å². The van der Waals surface area contributed by atoms with Crippen molar-refractivity contribution in [2.45, 2.75) is 19.5 Å². The first-order valence-electron chi connectivity index (χ1n) is 6.44. The Hall–Kier alpha value is -1.47. The van der Waals surface area contributed by atoms with Crippen LogP contribution in [0.3, 0.4) is 0 Å². The van der Waals surface area contributed by atoms with Crippen molar-refractivity contribution in [2.75, 3.05) is 14.2 Å². The van der Waals surface area contributed by atoms with Crippen molar-refractivity contribution in [3.63, 3.8) is 0 Å². The second-order valence-corrected chi connectivity index (χ2v) is 5.33. The summed E-state index contributed by atoms with van der Waals surface area (Å²) in [4.78, 5) is 0. The van der Waals surface area contributed by atoms with E-state index < -0.39 is 17.7 Å². The Kier molecular flexibility index (Phi) is 4.95. The van der Waals surface area contributed by atoms with Gasteiger partial charge in [0.2, 0.25) is 0 Å². The molecule has 1 atom stereocenters. The van der Waals surface area contributed by atoms with Crippen LogP contribution in [0.1, 0.15) is 24.2 Å². The summed E-state index contributed by atoms with van der Waals surface area (Å²) in [6.07, 6.45) is 1.54. The van der Waals surface area contributed by atoms with Gasteiger partial charge in [-0.2, -0.15) is 5.10 Å². The second kappa shape index (κ2) is 6.53. The molecule has 0 saturated heterocycles. The van der Waals surface area contributed by atoms with E-state index in [1.54, 1.807) is 11.7 Å². The lowest BCUT2D eigenvalue weighted by Crippen LogP contribution is -2.24. The Morgan fingerprint density at radius 2 is 2.00 bits per heavy atom. The first-order valence-corrected chi connectivity index (χ1v) is 7.24. The number of nitrogens with one attached hydrogen (secondary N) is 1. The van der Waals surface area contributed by atoms with Gasteiger partial charge in [0.15, 0.2) is 5.75 Å². The molecule has 7 heteroatoms. The van der Waals surface area contributed by atoms with Gasteiger partial charge in [-0.15, -0.1) is 0 Å². The van der Waals surface area contributed by atoms with Crippen LogP contribution in [-0.2, 0) is 6.54 Å². The predicted octanol–water partition coefficient (Wildman–Crippen LogP) is 3.26. The Labute approximate surface area is 130 Å². The molecule has 0 bridgehead atoms. The highest BCUT2D eigenvalue weighted by atomic mass is 79.9. The molecule has 1 N–H and O–H groups in total. The van der Waals surface area contributed by atoms with Crippen molar-refractivity contribution < 1.29 is 13.5 Å². The summed E-state index contributed by atoms with van der Waals surface area (Å²) in [5.41, 5.74) is 0.525. The van der Waals surface area contributed by atoms with E-state index in [-0.39, 0.29) is 5.56 Å². The second-order valence-electron chi connectivity index (χ2n) is 4.42. The molecule has 1 unspecified atom stereocenters. The van der Waals surface area contributed by atoms with E-state index in [4.69, 9.17) is 4.74 Å². The minimum absolute atomic E-state index is 0.0609. The zero-order chi connectivity index (χ0) is 15.6. The number of aryl methyl sites for hydroxylation is 1.